The molecule has 0 unspecified atom stereocenters. The zero-order valence-electron chi connectivity index (χ0n) is 11.6. The van der Waals surface area contributed by atoms with E-state index in [1.165, 1.54) is 0 Å². The van der Waals surface area contributed by atoms with Crippen LogP contribution in [-0.4, -0.2) is 34.8 Å². The number of anilines is 1. The number of aryl methyl sites for hydroxylation is 2. The monoisotopic (exact) mass is 283 g/mol. The Hall–Kier alpha value is -1.47. The maximum Gasteiger partial charge on any atom is 0.242 e. The molecule has 19 heavy (non-hydrogen) atoms. The van der Waals surface area contributed by atoms with Crippen LogP contribution in [0.15, 0.2) is 6.07 Å². The maximum absolute atomic E-state index is 5.23. The lowest BCUT2D eigenvalue weighted by atomic mass is 10.4. The fourth-order valence-electron chi connectivity index (χ4n) is 1.46. The molecule has 6 nitrogen and oxygen atoms in total. The summed E-state index contributed by atoms with van der Waals surface area (Å²) in [6.07, 6.45) is 0.912. The van der Waals surface area contributed by atoms with Gasteiger partial charge in [0.2, 0.25) is 5.95 Å². The van der Waals surface area contributed by atoms with Gasteiger partial charge < -0.3 is 10.1 Å². The molecule has 1 aromatic rings. The van der Waals surface area contributed by atoms with Crippen LogP contribution in [0.25, 0.3) is 0 Å². The van der Waals surface area contributed by atoms with Crippen LogP contribution in [0.3, 0.4) is 0 Å². The molecular formula is C12H21N5OS. The summed E-state index contributed by atoms with van der Waals surface area (Å²) in [5.74, 6) is 0.510. The number of hydrogen-bond acceptors (Lipinski definition) is 5. The smallest absolute Gasteiger partial charge is 0.242 e. The predicted molar refractivity (Wildman–Crippen MR) is 80.0 cm³/mol. The van der Waals surface area contributed by atoms with Crippen LogP contribution >= 0.6 is 12.2 Å². The molecule has 1 heterocycles. The SMILES string of the molecule is CCOCCCNC(=S)NNc1nc(C)cc(C)n1. The molecule has 0 atom stereocenters. The molecule has 0 bridgehead atoms. The van der Waals surface area contributed by atoms with E-state index in [4.69, 9.17) is 17.0 Å². The molecule has 1 aromatic heterocycles. The summed E-state index contributed by atoms with van der Waals surface area (Å²) >= 11 is 5.12. The zero-order chi connectivity index (χ0) is 14.1. The number of thiocarbonyl (C=S) groups is 1. The van der Waals surface area contributed by atoms with E-state index in [-0.39, 0.29) is 0 Å². The molecule has 0 aliphatic carbocycles. The largest absolute Gasteiger partial charge is 0.382 e. The third kappa shape index (κ3) is 6.88. The minimum Gasteiger partial charge on any atom is -0.382 e. The summed E-state index contributed by atoms with van der Waals surface area (Å²) in [7, 11) is 0. The van der Waals surface area contributed by atoms with Crippen LogP contribution in [0.4, 0.5) is 5.95 Å². The molecular weight excluding hydrogens is 262 g/mol. The number of aromatic nitrogens is 2. The van der Waals surface area contributed by atoms with Crippen molar-refractivity contribution in [2.45, 2.75) is 27.2 Å². The highest BCUT2D eigenvalue weighted by Crippen LogP contribution is 2.01. The van der Waals surface area contributed by atoms with Gasteiger partial charge in [0, 0.05) is 31.1 Å². The van der Waals surface area contributed by atoms with Gasteiger partial charge in [-0.2, -0.15) is 0 Å². The molecule has 106 valence electrons. The fourth-order valence-corrected chi connectivity index (χ4v) is 1.61. The van der Waals surface area contributed by atoms with E-state index in [2.05, 4.69) is 26.1 Å². The van der Waals surface area contributed by atoms with Crippen LogP contribution in [0.2, 0.25) is 0 Å². The molecule has 0 radical (unpaired) electrons. The average Bonchev–Trinajstić information content (AvgIpc) is 2.35. The summed E-state index contributed by atoms with van der Waals surface area (Å²) in [5.41, 5.74) is 7.54. The number of hydrazine groups is 1. The molecule has 0 aliphatic rings. The third-order valence-electron chi connectivity index (χ3n) is 2.23. The Kier molecular flexibility index (Phi) is 7.06. The molecule has 0 saturated heterocycles. The first-order valence-electron chi connectivity index (χ1n) is 6.31. The lowest BCUT2D eigenvalue weighted by Gasteiger charge is -2.12. The van der Waals surface area contributed by atoms with Crippen molar-refractivity contribution in [2.24, 2.45) is 0 Å². The maximum atomic E-state index is 5.23. The summed E-state index contributed by atoms with van der Waals surface area (Å²) in [6, 6.07) is 1.91. The lowest BCUT2D eigenvalue weighted by molar-refractivity contribution is 0.146. The first-order chi connectivity index (χ1) is 9.11. The van der Waals surface area contributed by atoms with Gasteiger partial charge in [0.05, 0.1) is 0 Å². The Balaban J connectivity index is 2.22. The minimum absolute atomic E-state index is 0.510. The van der Waals surface area contributed by atoms with Crippen LogP contribution < -0.4 is 16.2 Å². The second-order valence-electron chi connectivity index (χ2n) is 4.03. The molecule has 7 heteroatoms. The summed E-state index contributed by atoms with van der Waals surface area (Å²) in [5, 5.41) is 3.58. The topological polar surface area (TPSA) is 71.1 Å². The van der Waals surface area contributed by atoms with E-state index in [1.54, 1.807) is 0 Å². The van der Waals surface area contributed by atoms with E-state index in [0.717, 1.165) is 37.6 Å². The minimum atomic E-state index is 0.510. The molecule has 1 rings (SSSR count). The quantitative estimate of drug-likeness (QED) is 0.396. The van der Waals surface area contributed by atoms with Crippen molar-refractivity contribution in [1.29, 1.82) is 0 Å². The second kappa shape index (κ2) is 8.60. The van der Waals surface area contributed by atoms with E-state index in [0.29, 0.717) is 11.1 Å². The van der Waals surface area contributed by atoms with Gasteiger partial charge in [-0.3, -0.25) is 10.9 Å². The highest BCUT2D eigenvalue weighted by Gasteiger charge is 1.99. The van der Waals surface area contributed by atoms with Crippen molar-refractivity contribution in [2.75, 3.05) is 25.2 Å². The number of ether oxygens (including phenoxy) is 1. The first-order valence-corrected chi connectivity index (χ1v) is 6.72. The van der Waals surface area contributed by atoms with Gasteiger partial charge in [-0.15, -0.1) is 0 Å². The second-order valence-corrected chi connectivity index (χ2v) is 4.44. The lowest BCUT2D eigenvalue weighted by Crippen LogP contribution is -2.39. The van der Waals surface area contributed by atoms with Gasteiger partial charge in [-0.1, -0.05) is 0 Å². The highest BCUT2D eigenvalue weighted by molar-refractivity contribution is 7.80. The van der Waals surface area contributed by atoms with Crippen molar-refractivity contribution in [3.63, 3.8) is 0 Å². The van der Waals surface area contributed by atoms with Gasteiger partial charge in [-0.25, -0.2) is 9.97 Å². The Morgan fingerprint density at radius 1 is 1.32 bits per heavy atom. The Morgan fingerprint density at radius 3 is 2.63 bits per heavy atom. The number of rotatable bonds is 7. The van der Waals surface area contributed by atoms with Crippen molar-refractivity contribution in [1.82, 2.24) is 20.7 Å². The molecule has 0 aromatic carbocycles. The van der Waals surface area contributed by atoms with Crippen molar-refractivity contribution >= 4 is 23.3 Å². The number of nitrogens with zero attached hydrogens (tertiary/aromatic N) is 2. The summed E-state index contributed by atoms with van der Waals surface area (Å²) in [6.45, 7) is 8.07. The van der Waals surface area contributed by atoms with Crippen LogP contribution in [0, 0.1) is 13.8 Å². The standard InChI is InChI=1S/C12H21N5OS/c1-4-18-7-5-6-13-12(19)17-16-11-14-9(2)8-10(3)15-11/h8H,4-7H2,1-3H3,(H2,13,17,19)(H,14,15,16). The van der Waals surface area contributed by atoms with Crippen molar-refractivity contribution in [3.05, 3.63) is 17.5 Å². The Bertz CT molecular complexity index is 393. The average molecular weight is 283 g/mol. The Labute approximate surface area is 119 Å². The normalized spacial score (nSPS) is 10.1. The van der Waals surface area contributed by atoms with Gasteiger partial charge in [0.25, 0.3) is 0 Å². The van der Waals surface area contributed by atoms with E-state index < -0.39 is 0 Å². The van der Waals surface area contributed by atoms with Gasteiger partial charge in [-0.05, 0) is 45.5 Å². The molecule has 0 spiro atoms. The van der Waals surface area contributed by atoms with Crippen molar-refractivity contribution < 1.29 is 4.74 Å². The number of nitrogens with one attached hydrogen (secondary N) is 3. The predicted octanol–water partition coefficient (Wildman–Crippen LogP) is 1.31. The van der Waals surface area contributed by atoms with Crippen LogP contribution in [0.1, 0.15) is 24.7 Å². The van der Waals surface area contributed by atoms with Gasteiger partial charge in [0.1, 0.15) is 0 Å². The summed E-state index contributed by atoms with van der Waals surface area (Å²) < 4.78 is 5.23. The van der Waals surface area contributed by atoms with Crippen LogP contribution in [-0.2, 0) is 4.74 Å². The zero-order valence-corrected chi connectivity index (χ0v) is 12.4. The molecule has 0 fully saturated rings. The fraction of sp³-hybridized carbons (Fsp3) is 0.583. The highest BCUT2D eigenvalue weighted by atomic mass is 32.1. The summed E-state index contributed by atoms with van der Waals surface area (Å²) in [4.78, 5) is 8.47. The van der Waals surface area contributed by atoms with E-state index in [9.17, 15) is 0 Å². The molecule has 0 aliphatic heterocycles. The number of hydrogen-bond donors (Lipinski definition) is 3. The molecule has 0 amide bonds. The Morgan fingerprint density at radius 2 is 2.00 bits per heavy atom. The van der Waals surface area contributed by atoms with Crippen molar-refractivity contribution in [3.8, 4) is 0 Å². The third-order valence-corrected chi connectivity index (χ3v) is 2.47. The molecule has 0 saturated carbocycles. The molecule has 3 N–H and O–H groups in total. The van der Waals surface area contributed by atoms with E-state index >= 15 is 0 Å². The van der Waals surface area contributed by atoms with Gasteiger partial charge in [0.15, 0.2) is 5.11 Å². The van der Waals surface area contributed by atoms with E-state index in [1.807, 2.05) is 26.8 Å². The van der Waals surface area contributed by atoms with Crippen LogP contribution in [0.5, 0.6) is 0 Å². The van der Waals surface area contributed by atoms with Gasteiger partial charge >= 0.3 is 0 Å². The first kappa shape index (κ1) is 15.6.